The predicted octanol–water partition coefficient (Wildman–Crippen LogP) is -0.446. The van der Waals surface area contributed by atoms with E-state index in [9.17, 15) is 24.6 Å². The number of methoxy groups -OCH3 is 2. The first kappa shape index (κ1) is 20.7. The summed E-state index contributed by atoms with van der Waals surface area (Å²) in [5.74, 6) is -2.81. The number of hydrogen-bond acceptors (Lipinski definition) is 9. The van der Waals surface area contributed by atoms with E-state index in [1.54, 1.807) is 18.2 Å². The zero-order valence-electron chi connectivity index (χ0n) is 14.4. The first-order valence-corrected chi connectivity index (χ1v) is 8.91. The maximum atomic E-state index is 12.7. The van der Waals surface area contributed by atoms with Crippen molar-refractivity contribution < 1.29 is 34.1 Å². The second kappa shape index (κ2) is 8.87. The Labute approximate surface area is 164 Å². The molecule has 1 aliphatic heterocycles. The van der Waals surface area contributed by atoms with Gasteiger partial charge in [-0.25, -0.2) is 0 Å². The first-order valence-electron chi connectivity index (χ1n) is 7.68. The number of hydrogen-bond donors (Lipinski definition) is 0. The lowest BCUT2D eigenvalue weighted by molar-refractivity contribution is -0.311. The third-order valence-corrected chi connectivity index (χ3v) is 5.08. The van der Waals surface area contributed by atoms with Gasteiger partial charge in [-0.3, -0.25) is 9.69 Å². The molecule has 1 heterocycles. The smallest absolute Gasteiger partial charge is 0.266 e. The molecule has 1 aromatic rings. The number of aliphatic carboxylic acids is 2. The van der Waals surface area contributed by atoms with Crippen LogP contribution in [-0.2, 0) is 14.4 Å². The molecule has 1 fully saturated rings. The van der Waals surface area contributed by atoms with Crippen LogP contribution in [0.1, 0.15) is 18.4 Å². The van der Waals surface area contributed by atoms with Gasteiger partial charge in [-0.2, -0.15) is 0 Å². The maximum Gasteiger partial charge on any atom is 0.266 e. The summed E-state index contributed by atoms with van der Waals surface area (Å²) in [6.45, 7) is 0. The molecule has 8 nitrogen and oxygen atoms in total. The molecule has 0 unspecified atom stereocenters. The van der Waals surface area contributed by atoms with E-state index in [1.165, 1.54) is 20.3 Å². The van der Waals surface area contributed by atoms with Crippen LogP contribution in [-0.4, -0.2) is 47.3 Å². The minimum Gasteiger partial charge on any atom is -0.550 e. The number of carboxylic acids is 2. The molecule has 144 valence electrons. The van der Waals surface area contributed by atoms with E-state index in [-0.39, 0.29) is 15.6 Å². The molecule has 0 aromatic heterocycles. The van der Waals surface area contributed by atoms with Crippen LogP contribution < -0.4 is 19.7 Å². The highest BCUT2D eigenvalue weighted by Gasteiger charge is 2.37. The summed E-state index contributed by atoms with van der Waals surface area (Å²) in [5.41, 5.74) is 0.539. The SMILES string of the molecule is COc1cccc(/C=C2/SC(=S)N([C@@H](CCC(=O)[O-])C(=O)[O-])C2=O)c1OC. The second-order valence-corrected chi connectivity index (χ2v) is 7.06. The van der Waals surface area contributed by atoms with Gasteiger partial charge in [0.2, 0.25) is 0 Å². The van der Waals surface area contributed by atoms with Crippen molar-refractivity contribution in [3.63, 3.8) is 0 Å². The highest BCUT2D eigenvalue weighted by Crippen LogP contribution is 2.38. The lowest BCUT2D eigenvalue weighted by Gasteiger charge is -2.27. The molecular formula is C17H15NO7S2-2. The minimum atomic E-state index is -1.59. The summed E-state index contributed by atoms with van der Waals surface area (Å²) in [6, 6.07) is 3.60. The number of amides is 1. The van der Waals surface area contributed by atoms with Gasteiger partial charge in [0.25, 0.3) is 5.91 Å². The lowest BCUT2D eigenvalue weighted by Crippen LogP contribution is -2.50. The van der Waals surface area contributed by atoms with Gasteiger partial charge in [-0.15, -0.1) is 0 Å². The Kier molecular flexibility index (Phi) is 6.81. The van der Waals surface area contributed by atoms with Crippen molar-refractivity contribution in [2.45, 2.75) is 18.9 Å². The molecule has 0 radical (unpaired) electrons. The Morgan fingerprint density at radius 2 is 2.00 bits per heavy atom. The van der Waals surface area contributed by atoms with Gasteiger partial charge in [-0.1, -0.05) is 36.1 Å². The molecule has 10 heteroatoms. The molecule has 1 amide bonds. The summed E-state index contributed by atoms with van der Waals surface area (Å²) in [5, 5.41) is 22.0. The number of para-hydroxylation sites is 1. The van der Waals surface area contributed by atoms with Crippen LogP contribution in [0.25, 0.3) is 6.08 Å². The molecule has 0 aliphatic carbocycles. The van der Waals surface area contributed by atoms with Gasteiger partial charge >= 0.3 is 0 Å². The van der Waals surface area contributed by atoms with E-state index in [2.05, 4.69) is 0 Å². The van der Waals surface area contributed by atoms with Crippen molar-refractivity contribution in [3.05, 3.63) is 28.7 Å². The minimum absolute atomic E-state index is 0.000612. The first-order chi connectivity index (χ1) is 12.8. The van der Waals surface area contributed by atoms with Crippen molar-refractivity contribution in [2.24, 2.45) is 0 Å². The van der Waals surface area contributed by atoms with Crippen LogP contribution in [0.5, 0.6) is 11.5 Å². The average molecular weight is 409 g/mol. The average Bonchev–Trinajstić information content (AvgIpc) is 2.88. The largest absolute Gasteiger partial charge is 0.550 e. The van der Waals surface area contributed by atoms with Gasteiger partial charge in [0.15, 0.2) is 11.5 Å². The normalized spacial score (nSPS) is 16.5. The lowest BCUT2D eigenvalue weighted by atomic mass is 10.1. The van der Waals surface area contributed by atoms with E-state index in [4.69, 9.17) is 21.7 Å². The van der Waals surface area contributed by atoms with E-state index in [0.717, 1.165) is 16.7 Å². The van der Waals surface area contributed by atoms with Crippen LogP contribution in [0.4, 0.5) is 0 Å². The molecule has 0 saturated carbocycles. The van der Waals surface area contributed by atoms with Gasteiger partial charge in [-0.05, 0) is 25.0 Å². The monoisotopic (exact) mass is 409 g/mol. The highest BCUT2D eigenvalue weighted by molar-refractivity contribution is 8.26. The molecule has 1 atom stereocenters. The van der Waals surface area contributed by atoms with Crippen LogP contribution in [0.3, 0.4) is 0 Å². The fourth-order valence-electron chi connectivity index (χ4n) is 2.52. The molecule has 0 N–H and O–H groups in total. The van der Waals surface area contributed by atoms with E-state index in [0.29, 0.717) is 17.1 Å². The second-order valence-electron chi connectivity index (χ2n) is 5.38. The standard InChI is InChI=1S/C17H17NO7S2/c1-24-11-5-3-4-9(14(11)25-2)8-12-15(21)18(17(26)27-12)10(16(22)23)6-7-13(19)20/h3-5,8,10H,6-7H2,1-2H3,(H,19,20)(H,22,23)/p-2/b12-8+/t10-/m0/s1. The molecule has 1 aliphatic rings. The fraction of sp³-hybridized carbons (Fsp3) is 0.294. The van der Waals surface area contributed by atoms with Gasteiger partial charge in [0, 0.05) is 11.5 Å². The number of nitrogens with zero attached hydrogens (tertiary/aromatic N) is 1. The van der Waals surface area contributed by atoms with Gasteiger partial charge < -0.3 is 29.3 Å². The number of carboxylic acid groups (broad SMARTS) is 2. The molecular weight excluding hydrogens is 394 g/mol. The van der Waals surface area contributed by atoms with E-state index in [1.807, 2.05) is 0 Å². The van der Waals surface area contributed by atoms with Gasteiger partial charge in [0.1, 0.15) is 4.32 Å². The Balaban J connectivity index is 2.36. The van der Waals surface area contributed by atoms with Crippen molar-refractivity contribution >= 4 is 52.2 Å². The molecule has 1 aromatic carbocycles. The zero-order chi connectivity index (χ0) is 20.1. The van der Waals surface area contributed by atoms with Crippen molar-refractivity contribution in [2.75, 3.05) is 14.2 Å². The van der Waals surface area contributed by atoms with E-state index < -0.39 is 30.3 Å². The van der Waals surface area contributed by atoms with Crippen LogP contribution >= 0.6 is 24.0 Å². The molecule has 1 saturated heterocycles. The Morgan fingerprint density at radius 3 is 2.56 bits per heavy atom. The number of rotatable bonds is 8. The summed E-state index contributed by atoms with van der Waals surface area (Å²) in [7, 11) is 2.93. The third kappa shape index (κ3) is 4.58. The number of ether oxygens (including phenoxy) is 2. The van der Waals surface area contributed by atoms with Crippen LogP contribution in [0.15, 0.2) is 23.1 Å². The van der Waals surface area contributed by atoms with Crippen LogP contribution in [0.2, 0.25) is 0 Å². The molecule has 0 bridgehead atoms. The third-order valence-electron chi connectivity index (χ3n) is 3.75. The number of benzene rings is 1. The molecule has 0 spiro atoms. The molecule has 2 rings (SSSR count). The number of thioether (sulfide) groups is 1. The maximum absolute atomic E-state index is 12.7. The molecule has 27 heavy (non-hydrogen) atoms. The number of thiocarbonyl (C=S) groups is 1. The topological polar surface area (TPSA) is 119 Å². The number of carbonyl (C=O) groups excluding carboxylic acids is 3. The van der Waals surface area contributed by atoms with Crippen molar-refractivity contribution in [3.8, 4) is 11.5 Å². The Hall–Kier alpha value is -2.59. The number of carbonyl (C=O) groups is 3. The Morgan fingerprint density at radius 1 is 1.30 bits per heavy atom. The summed E-state index contributed by atoms with van der Waals surface area (Å²) < 4.78 is 10.5. The summed E-state index contributed by atoms with van der Waals surface area (Å²) in [6.07, 6.45) is 0.594. The predicted molar refractivity (Wildman–Crippen MR) is 97.6 cm³/mol. The van der Waals surface area contributed by atoms with E-state index >= 15 is 0 Å². The van der Waals surface area contributed by atoms with Crippen molar-refractivity contribution in [1.82, 2.24) is 4.90 Å². The highest BCUT2D eigenvalue weighted by atomic mass is 32.2. The van der Waals surface area contributed by atoms with Crippen molar-refractivity contribution in [1.29, 1.82) is 0 Å². The fourth-order valence-corrected chi connectivity index (χ4v) is 3.87. The van der Waals surface area contributed by atoms with Gasteiger partial charge in [0.05, 0.1) is 31.1 Å². The quantitative estimate of drug-likeness (QED) is 0.415. The zero-order valence-corrected chi connectivity index (χ0v) is 16.1. The summed E-state index contributed by atoms with van der Waals surface area (Å²) in [4.78, 5) is 35.8. The summed E-state index contributed by atoms with van der Waals surface area (Å²) >= 11 is 6.02. The van der Waals surface area contributed by atoms with Crippen LogP contribution in [0, 0.1) is 0 Å². The Bertz CT molecular complexity index is 821.